The summed E-state index contributed by atoms with van der Waals surface area (Å²) >= 11 is 5.34. The van der Waals surface area contributed by atoms with Crippen molar-refractivity contribution in [2.75, 3.05) is 4.84 Å². The lowest BCUT2D eigenvalue weighted by Crippen LogP contribution is -1.87. The minimum atomic E-state index is -0.355. The van der Waals surface area contributed by atoms with E-state index in [9.17, 15) is 4.39 Å². The molecule has 2 aromatic carbocycles. The Kier molecular flexibility index (Phi) is 2.88. The molecule has 2 rings (SSSR count). The maximum atomic E-state index is 13.4. The number of rotatable bonds is 2. The van der Waals surface area contributed by atoms with Gasteiger partial charge in [0.05, 0.1) is 5.69 Å². The summed E-state index contributed by atoms with van der Waals surface area (Å²) in [5.74, 6) is -0.355. The molecule has 0 amide bonds. The van der Waals surface area contributed by atoms with Gasteiger partial charge in [-0.25, -0.2) is 4.39 Å². The predicted molar refractivity (Wildman–Crippen MR) is 61.3 cm³/mol. The second-order valence-electron chi connectivity index (χ2n) is 3.16. The van der Waals surface area contributed by atoms with Gasteiger partial charge in [-0.15, -0.1) is 0 Å². The van der Waals surface area contributed by atoms with E-state index in [0.29, 0.717) is 0 Å². The lowest BCUT2D eigenvalue weighted by Gasteiger charge is -2.04. The molecule has 0 unspecified atom stereocenters. The van der Waals surface area contributed by atoms with E-state index in [1.54, 1.807) is 6.07 Å². The number of hydrogen-bond donors (Lipinski definition) is 1. The summed E-state index contributed by atoms with van der Waals surface area (Å²) in [6.45, 7) is 0. The highest BCUT2D eigenvalue weighted by Crippen LogP contribution is 2.24. The van der Waals surface area contributed by atoms with Gasteiger partial charge in [0.25, 0.3) is 0 Å². The summed E-state index contributed by atoms with van der Waals surface area (Å²) in [5.41, 5.74) is 2.11. The van der Waals surface area contributed by atoms with Gasteiger partial charge in [-0.2, -0.15) is 0 Å². The Hall–Kier alpha value is -1.54. The Morgan fingerprint density at radius 3 is 2.27 bits per heavy atom. The van der Waals surface area contributed by atoms with Crippen LogP contribution in [0.3, 0.4) is 0 Å². The summed E-state index contributed by atoms with van der Waals surface area (Å²) in [6.07, 6.45) is 0. The van der Waals surface area contributed by atoms with Gasteiger partial charge in [-0.05, 0) is 23.3 Å². The van der Waals surface area contributed by atoms with Crippen molar-refractivity contribution in [3.8, 4) is 11.1 Å². The van der Waals surface area contributed by atoms with E-state index < -0.39 is 0 Å². The highest BCUT2D eigenvalue weighted by molar-refractivity contribution is 6.24. The molecule has 0 heterocycles. The molecule has 15 heavy (non-hydrogen) atoms. The van der Waals surface area contributed by atoms with Crippen molar-refractivity contribution in [2.24, 2.45) is 0 Å². The van der Waals surface area contributed by atoms with Gasteiger partial charge in [0.1, 0.15) is 5.82 Å². The summed E-state index contributed by atoms with van der Waals surface area (Å²) < 4.78 is 13.4. The quantitative estimate of drug-likeness (QED) is 0.755. The zero-order valence-corrected chi connectivity index (χ0v) is 8.63. The Balaban J connectivity index is 2.43. The van der Waals surface area contributed by atoms with Crippen LogP contribution in [0.25, 0.3) is 11.1 Å². The molecular formula is C12H9ClFN. The van der Waals surface area contributed by atoms with Gasteiger partial charge in [0.2, 0.25) is 0 Å². The van der Waals surface area contributed by atoms with Gasteiger partial charge in [-0.1, -0.05) is 36.4 Å². The maximum absolute atomic E-state index is 13.4. The predicted octanol–water partition coefficient (Wildman–Crippen LogP) is 4.06. The van der Waals surface area contributed by atoms with E-state index in [-0.39, 0.29) is 11.5 Å². The van der Waals surface area contributed by atoms with Crippen molar-refractivity contribution < 1.29 is 4.39 Å². The lowest BCUT2D eigenvalue weighted by atomic mass is 10.1. The largest absolute Gasteiger partial charge is 0.296 e. The van der Waals surface area contributed by atoms with E-state index in [0.717, 1.165) is 11.1 Å². The zero-order chi connectivity index (χ0) is 10.7. The summed E-state index contributed by atoms with van der Waals surface area (Å²) in [4.78, 5) is 2.27. The molecule has 0 saturated heterocycles. The van der Waals surface area contributed by atoms with Crippen molar-refractivity contribution in [3.63, 3.8) is 0 Å². The molecule has 0 aromatic heterocycles. The van der Waals surface area contributed by atoms with Crippen LogP contribution in [0.1, 0.15) is 0 Å². The van der Waals surface area contributed by atoms with Crippen LogP contribution in [0.4, 0.5) is 10.1 Å². The molecule has 3 heteroatoms. The molecule has 1 nitrogen and oxygen atoms in total. The molecule has 0 bridgehead atoms. The topological polar surface area (TPSA) is 12.0 Å². The molecule has 0 spiro atoms. The Labute approximate surface area is 92.6 Å². The molecule has 0 aliphatic carbocycles. The smallest absolute Gasteiger partial charge is 0.148 e. The SMILES string of the molecule is Fc1cc(-c2ccccc2)ccc1NCl. The molecule has 2 aromatic rings. The van der Waals surface area contributed by atoms with Crippen molar-refractivity contribution >= 4 is 17.5 Å². The van der Waals surface area contributed by atoms with Gasteiger partial charge >= 0.3 is 0 Å². The Morgan fingerprint density at radius 2 is 1.67 bits per heavy atom. The van der Waals surface area contributed by atoms with E-state index in [1.165, 1.54) is 6.07 Å². The van der Waals surface area contributed by atoms with E-state index in [4.69, 9.17) is 11.8 Å². The van der Waals surface area contributed by atoms with Crippen LogP contribution in [0, 0.1) is 5.82 Å². The van der Waals surface area contributed by atoms with Crippen LogP contribution in [0.15, 0.2) is 48.5 Å². The third-order valence-corrected chi connectivity index (χ3v) is 2.38. The summed E-state index contributed by atoms with van der Waals surface area (Å²) in [7, 11) is 0. The summed E-state index contributed by atoms with van der Waals surface area (Å²) in [6, 6.07) is 14.5. The van der Waals surface area contributed by atoms with Crippen LogP contribution in [0.5, 0.6) is 0 Å². The molecule has 0 atom stereocenters. The first-order valence-corrected chi connectivity index (χ1v) is 4.90. The average Bonchev–Trinajstić information content (AvgIpc) is 2.30. The number of anilines is 1. The second kappa shape index (κ2) is 4.32. The van der Waals surface area contributed by atoms with Gasteiger partial charge in [0, 0.05) is 11.8 Å². The average molecular weight is 222 g/mol. The molecule has 0 aliphatic heterocycles. The minimum Gasteiger partial charge on any atom is -0.296 e. The van der Waals surface area contributed by atoms with E-state index in [1.807, 2.05) is 36.4 Å². The number of nitrogens with one attached hydrogen (secondary N) is 1. The molecule has 0 saturated carbocycles. The fraction of sp³-hybridized carbons (Fsp3) is 0. The first-order chi connectivity index (χ1) is 7.31. The molecule has 1 N–H and O–H groups in total. The van der Waals surface area contributed by atoms with Crippen LogP contribution in [-0.4, -0.2) is 0 Å². The highest BCUT2D eigenvalue weighted by Gasteiger charge is 2.03. The standard InChI is InChI=1S/C12H9ClFN/c13-15-12-7-6-10(8-11(12)14)9-4-2-1-3-5-9/h1-8,15H. The van der Waals surface area contributed by atoms with Gasteiger partial charge < -0.3 is 0 Å². The minimum absolute atomic E-state index is 0.288. The van der Waals surface area contributed by atoms with Gasteiger partial charge in [-0.3, -0.25) is 4.84 Å². The van der Waals surface area contributed by atoms with E-state index >= 15 is 0 Å². The van der Waals surface area contributed by atoms with Crippen molar-refractivity contribution in [1.82, 2.24) is 0 Å². The normalized spacial score (nSPS) is 10.0. The van der Waals surface area contributed by atoms with Crippen molar-refractivity contribution in [3.05, 3.63) is 54.3 Å². The van der Waals surface area contributed by atoms with Crippen LogP contribution >= 0.6 is 11.8 Å². The first-order valence-electron chi connectivity index (χ1n) is 4.53. The first kappa shape index (κ1) is 9.99. The third kappa shape index (κ3) is 2.10. The maximum Gasteiger partial charge on any atom is 0.148 e. The fourth-order valence-electron chi connectivity index (χ4n) is 1.40. The van der Waals surface area contributed by atoms with Crippen LogP contribution in [-0.2, 0) is 0 Å². The van der Waals surface area contributed by atoms with Crippen molar-refractivity contribution in [2.45, 2.75) is 0 Å². The third-order valence-electron chi connectivity index (χ3n) is 2.18. The Bertz CT molecular complexity index is 456. The monoisotopic (exact) mass is 221 g/mol. The second-order valence-corrected chi connectivity index (χ2v) is 3.34. The molecule has 0 fully saturated rings. The molecule has 0 aliphatic rings. The molecular weight excluding hydrogens is 213 g/mol. The lowest BCUT2D eigenvalue weighted by molar-refractivity contribution is 0.633. The zero-order valence-electron chi connectivity index (χ0n) is 7.87. The van der Waals surface area contributed by atoms with Crippen LogP contribution in [0.2, 0.25) is 0 Å². The van der Waals surface area contributed by atoms with Crippen LogP contribution < -0.4 is 4.84 Å². The van der Waals surface area contributed by atoms with Gasteiger partial charge in [0.15, 0.2) is 0 Å². The fourth-order valence-corrected chi connectivity index (χ4v) is 1.56. The van der Waals surface area contributed by atoms with Crippen molar-refractivity contribution in [1.29, 1.82) is 0 Å². The number of hydrogen-bond acceptors (Lipinski definition) is 1. The molecule has 0 radical (unpaired) electrons. The number of halogens is 2. The summed E-state index contributed by atoms with van der Waals surface area (Å²) in [5, 5.41) is 0. The Morgan fingerprint density at radius 1 is 0.933 bits per heavy atom. The van der Waals surface area contributed by atoms with E-state index in [2.05, 4.69) is 4.84 Å². The molecule has 76 valence electrons. The number of benzene rings is 2. The highest BCUT2D eigenvalue weighted by atomic mass is 35.5.